The molecule has 6 heteroatoms. The Morgan fingerprint density at radius 2 is 2.15 bits per heavy atom. The van der Waals surface area contributed by atoms with Gasteiger partial charge < -0.3 is 15.0 Å². The lowest BCUT2D eigenvalue weighted by Crippen LogP contribution is -2.43. The van der Waals surface area contributed by atoms with Gasteiger partial charge in [-0.05, 0) is 43.7 Å². The molecule has 1 atom stereocenters. The van der Waals surface area contributed by atoms with Gasteiger partial charge in [0.15, 0.2) is 0 Å². The number of hydrogen-bond donors (Lipinski definition) is 1. The van der Waals surface area contributed by atoms with Crippen LogP contribution in [0.3, 0.4) is 0 Å². The van der Waals surface area contributed by atoms with Crippen LogP contribution in [0.25, 0.3) is 0 Å². The van der Waals surface area contributed by atoms with Gasteiger partial charge in [-0.2, -0.15) is 0 Å². The summed E-state index contributed by atoms with van der Waals surface area (Å²) in [5, 5.41) is 3.89. The van der Waals surface area contributed by atoms with E-state index in [1.807, 2.05) is 19.2 Å². The van der Waals surface area contributed by atoms with Crippen LogP contribution >= 0.6 is 24.0 Å². The quantitative estimate of drug-likeness (QED) is 0.906. The molecular formula is C14H20Cl2N2O2. The highest BCUT2D eigenvalue weighted by atomic mass is 35.5. The number of likely N-dealkylation sites (N-methyl/N-ethyl adjacent to an activating group) is 1. The Bertz CT molecular complexity index is 420. The maximum absolute atomic E-state index is 12.0. The minimum absolute atomic E-state index is 0. The third kappa shape index (κ3) is 4.85. The van der Waals surface area contributed by atoms with Gasteiger partial charge >= 0.3 is 0 Å². The van der Waals surface area contributed by atoms with Crippen molar-refractivity contribution in [2.75, 3.05) is 26.7 Å². The summed E-state index contributed by atoms with van der Waals surface area (Å²) in [6.07, 6.45) is 2.01. The zero-order chi connectivity index (χ0) is 13.7. The van der Waals surface area contributed by atoms with Crippen molar-refractivity contribution in [3.63, 3.8) is 0 Å². The van der Waals surface area contributed by atoms with E-state index in [-0.39, 0.29) is 24.4 Å². The average molecular weight is 319 g/mol. The molecule has 0 spiro atoms. The molecule has 0 bridgehead atoms. The normalized spacial score (nSPS) is 17.4. The third-order valence-corrected chi connectivity index (χ3v) is 3.50. The molecule has 0 aromatic heterocycles. The molecule has 1 aromatic carbocycles. The van der Waals surface area contributed by atoms with Crippen molar-refractivity contribution < 1.29 is 9.53 Å². The number of carbonyl (C=O) groups is 1. The number of nitrogens with zero attached hydrogens (tertiary/aromatic N) is 1. The number of hydrogen-bond acceptors (Lipinski definition) is 3. The fourth-order valence-corrected chi connectivity index (χ4v) is 2.23. The van der Waals surface area contributed by atoms with Crippen molar-refractivity contribution in [3.8, 4) is 5.75 Å². The second kappa shape index (κ2) is 8.35. The van der Waals surface area contributed by atoms with E-state index >= 15 is 0 Å². The molecule has 2 rings (SSSR count). The van der Waals surface area contributed by atoms with Gasteiger partial charge in [0.05, 0.1) is 12.6 Å². The lowest BCUT2D eigenvalue weighted by Gasteiger charge is -2.21. The van der Waals surface area contributed by atoms with Crippen LogP contribution < -0.4 is 10.1 Å². The van der Waals surface area contributed by atoms with Gasteiger partial charge in [-0.1, -0.05) is 11.6 Å². The molecular weight excluding hydrogens is 299 g/mol. The highest BCUT2D eigenvalue weighted by molar-refractivity contribution is 6.30. The molecule has 1 aliphatic heterocycles. The number of nitrogens with one attached hydrogen (secondary N) is 1. The maximum Gasteiger partial charge on any atom is 0.239 e. The highest BCUT2D eigenvalue weighted by Crippen LogP contribution is 2.15. The number of carbonyl (C=O) groups excluding carboxylic acids is 1. The lowest BCUT2D eigenvalue weighted by molar-refractivity contribution is -0.132. The number of ether oxygens (including phenoxy) is 1. The molecule has 1 aromatic rings. The van der Waals surface area contributed by atoms with Crippen molar-refractivity contribution in [1.29, 1.82) is 0 Å². The summed E-state index contributed by atoms with van der Waals surface area (Å²) in [6, 6.07) is 7.20. The minimum Gasteiger partial charge on any atom is -0.492 e. The van der Waals surface area contributed by atoms with Crippen LogP contribution in [0.4, 0.5) is 0 Å². The maximum atomic E-state index is 12.0. The van der Waals surface area contributed by atoms with Gasteiger partial charge in [0.2, 0.25) is 5.91 Å². The Kier molecular flexibility index (Phi) is 7.13. The molecule has 4 nitrogen and oxygen atoms in total. The Morgan fingerprint density at radius 3 is 2.75 bits per heavy atom. The van der Waals surface area contributed by atoms with Crippen LogP contribution in [0.15, 0.2) is 24.3 Å². The van der Waals surface area contributed by atoms with Crippen molar-refractivity contribution in [2.24, 2.45) is 0 Å². The Balaban J connectivity index is 0.00000200. The van der Waals surface area contributed by atoms with Gasteiger partial charge in [0.1, 0.15) is 12.4 Å². The Labute approximate surface area is 130 Å². The fourth-order valence-electron chi connectivity index (χ4n) is 2.10. The van der Waals surface area contributed by atoms with E-state index < -0.39 is 0 Å². The molecule has 1 fully saturated rings. The minimum atomic E-state index is -0.0134. The fraction of sp³-hybridized carbons (Fsp3) is 0.500. The smallest absolute Gasteiger partial charge is 0.239 e. The first-order chi connectivity index (χ1) is 9.16. The zero-order valence-corrected chi connectivity index (χ0v) is 13.0. The van der Waals surface area contributed by atoms with Gasteiger partial charge in [0, 0.05) is 12.1 Å². The molecule has 1 N–H and O–H groups in total. The molecule has 20 heavy (non-hydrogen) atoms. The van der Waals surface area contributed by atoms with Crippen molar-refractivity contribution in [3.05, 3.63) is 29.3 Å². The van der Waals surface area contributed by atoms with Gasteiger partial charge in [-0.3, -0.25) is 4.79 Å². The first kappa shape index (κ1) is 17.1. The Hall–Kier alpha value is -0.970. The molecule has 0 aliphatic carbocycles. The highest BCUT2D eigenvalue weighted by Gasteiger charge is 2.24. The SMILES string of the molecule is CN(CCOc1ccc(Cl)cc1)C(=O)[C@@H]1CCCN1.Cl. The summed E-state index contributed by atoms with van der Waals surface area (Å²) in [6.45, 7) is 2.00. The van der Waals surface area contributed by atoms with E-state index in [1.54, 1.807) is 17.0 Å². The summed E-state index contributed by atoms with van der Waals surface area (Å²) >= 11 is 5.80. The van der Waals surface area contributed by atoms with E-state index in [0.717, 1.165) is 25.1 Å². The van der Waals surface area contributed by atoms with Crippen LogP contribution in [0.2, 0.25) is 5.02 Å². The van der Waals surface area contributed by atoms with E-state index in [1.165, 1.54) is 0 Å². The standard InChI is InChI=1S/C14H19ClN2O2.ClH/c1-17(14(18)13-3-2-8-16-13)9-10-19-12-6-4-11(15)5-7-12;/h4-7,13,16H,2-3,8-10H2,1H3;1H/t13-;/m0./s1. The summed E-state index contributed by atoms with van der Waals surface area (Å²) < 4.78 is 5.57. The second-order valence-corrected chi connectivity index (χ2v) is 5.15. The van der Waals surface area contributed by atoms with Crippen LogP contribution in [0.1, 0.15) is 12.8 Å². The largest absolute Gasteiger partial charge is 0.492 e. The number of amides is 1. The number of benzene rings is 1. The van der Waals surface area contributed by atoms with Crippen LogP contribution in [0.5, 0.6) is 5.75 Å². The monoisotopic (exact) mass is 318 g/mol. The molecule has 1 saturated heterocycles. The van der Waals surface area contributed by atoms with Gasteiger partial charge in [-0.15, -0.1) is 12.4 Å². The van der Waals surface area contributed by atoms with E-state index in [4.69, 9.17) is 16.3 Å². The molecule has 1 amide bonds. The summed E-state index contributed by atoms with van der Waals surface area (Å²) in [4.78, 5) is 13.7. The van der Waals surface area contributed by atoms with E-state index in [0.29, 0.717) is 18.2 Å². The summed E-state index contributed by atoms with van der Waals surface area (Å²) in [5.74, 6) is 0.918. The van der Waals surface area contributed by atoms with E-state index in [9.17, 15) is 4.79 Å². The van der Waals surface area contributed by atoms with Crippen LogP contribution in [0, 0.1) is 0 Å². The summed E-state index contributed by atoms with van der Waals surface area (Å²) in [7, 11) is 1.81. The molecule has 0 radical (unpaired) electrons. The van der Waals surface area contributed by atoms with Gasteiger partial charge in [0.25, 0.3) is 0 Å². The first-order valence-corrected chi connectivity index (χ1v) is 6.91. The number of rotatable bonds is 5. The predicted molar refractivity (Wildman–Crippen MR) is 82.9 cm³/mol. The Morgan fingerprint density at radius 1 is 1.45 bits per heavy atom. The first-order valence-electron chi connectivity index (χ1n) is 6.53. The molecule has 1 heterocycles. The van der Waals surface area contributed by atoms with E-state index in [2.05, 4.69) is 5.32 Å². The predicted octanol–water partition coefficient (Wildman–Crippen LogP) is 2.35. The zero-order valence-electron chi connectivity index (χ0n) is 11.5. The van der Waals surface area contributed by atoms with Crippen LogP contribution in [-0.2, 0) is 4.79 Å². The third-order valence-electron chi connectivity index (χ3n) is 3.24. The van der Waals surface area contributed by atoms with Crippen molar-refractivity contribution in [2.45, 2.75) is 18.9 Å². The summed E-state index contributed by atoms with van der Waals surface area (Å²) in [5.41, 5.74) is 0. The number of halogens is 2. The van der Waals surface area contributed by atoms with Gasteiger partial charge in [-0.25, -0.2) is 0 Å². The lowest BCUT2D eigenvalue weighted by atomic mass is 10.2. The molecule has 112 valence electrons. The molecule has 0 saturated carbocycles. The van der Waals surface area contributed by atoms with Crippen LogP contribution in [-0.4, -0.2) is 43.6 Å². The molecule has 1 aliphatic rings. The average Bonchev–Trinajstić information content (AvgIpc) is 2.94. The molecule has 0 unspecified atom stereocenters. The topological polar surface area (TPSA) is 41.6 Å². The van der Waals surface area contributed by atoms with Crippen molar-refractivity contribution >= 4 is 29.9 Å². The second-order valence-electron chi connectivity index (χ2n) is 4.71. The van der Waals surface area contributed by atoms with Crippen molar-refractivity contribution in [1.82, 2.24) is 10.2 Å².